The molecule has 30 heavy (non-hydrogen) atoms. The van der Waals surface area contributed by atoms with Crippen LogP contribution in [0.25, 0.3) is 0 Å². The summed E-state index contributed by atoms with van der Waals surface area (Å²) in [6, 6.07) is 10.8. The third kappa shape index (κ3) is 4.10. The van der Waals surface area contributed by atoms with Gasteiger partial charge in [0.2, 0.25) is 0 Å². The van der Waals surface area contributed by atoms with Crippen molar-refractivity contribution in [3.63, 3.8) is 0 Å². The van der Waals surface area contributed by atoms with Gasteiger partial charge in [-0.1, -0.05) is 6.07 Å². The van der Waals surface area contributed by atoms with E-state index in [1.54, 1.807) is 4.90 Å². The number of halogens is 1. The van der Waals surface area contributed by atoms with Gasteiger partial charge in [0, 0.05) is 56.2 Å². The molecule has 2 aliphatic heterocycles. The number of piperazine rings is 1. The molecular formula is C23H26FN3O3. The van der Waals surface area contributed by atoms with E-state index in [1.165, 1.54) is 31.0 Å². The van der Waals surface area contributed by atoms with Gasteiger partial charge < -0.3 is 19.8 Å². The van der Waals surface area contributed by atoms with Gasteiger partial charge in [-0.3, -0.25) is 9.59 Å². The number of benzene rings is 2. The Balaban J connectivity index is 1.42. The Hall–Kier alpha value is -3.09. The SMILES string of the molecule is O=Cc1cc(C(=O)N2CCN(c3cccc(N4CCCCC4)c3)CC2)cc(F)c1O. The molecule has 0 bridgehead atoms. The van der Waals surface area contributed by atoms with Crippen molar-refractivity contribution in [1.29, 1.82) is 0 Å². The van der Waals surface area contributed by atoms with Crippen LogP contribution in [0.4, 0.5) is 15.8 Å². The molecule has 2 aromatic carbocycles. The highest BCUT2D eigenvalue weighted by Crippen LogP contribution is 2.27. The number of hydrogen-bond acceptors (Lipinski definition) is 5. The molecular weight excluding hydrogens is 385 g/mol. The highest BCUT2D eigenvalue weighted by atomic mass is 19.1. The number of aromatic hydroxyl groups is 1. The maximum Gasteiger partial charge on any atom is 0.254 e. The van der Waals surface area contributed by atoms with E-state index in [9.17, 15) is 19.1 Å². The summed E-state index contributed by atoms with van der Waals surface area (Å²) >= 11 is 0. The summed E-state index contributed by atoms with van der Waals surface area (Å²) < 4.78 is 13.8. The fourth-order valence-electron chi connectivity index (χ4n) is 4.22. The molecule has 158 valence electrons. The zero-order chi connectivity index (χ0) is 21.1. The summed E-state index contributed by atoms with van der Waals surface area (Å²) in [6.07, 6.45) is 4.11. The number of anilines is 2. The lowest BCUT2D eigenvalue weighted by molar-refractivity contribution is 0.0746. The first-order valence-corrected chi connectivity index (χ1v) is 10.4. The van der Waals surface area contributed by atoms with Crippen molar-refractivity contribution in [3.05, 3.63) is 53.3 Å². The molecule has 1 amide bonds. The fourth-order valence-corrected chi connectivity index (χ4v) is 4.22. The molecule has 2 saturated heterocycles. The lowest BCUT2D eigenvalue weighted by Gasteiger charge is -2.37. The second-order valence-corrected chi connectivity index (χ2v) is 7.86. The molecule has 1 N–H and O–H groups in total. The van der Waals surface area contributed by atoms with Crippen LogP contribution in [0, 0.1) is 5.82 Å². The Bertz CT molecular complexity index is 935. The Morgan fingerprint density at radius 3 is 2.17 bits per heavy atom. The lowest BCUT2D eigenvalue weighted by Crippen LogP contribution is -2.48. The van der Waals surface area contributed by atoms with Crippen LogP contribution in [0.1, 0.15) is 40.0 Å². The third-order valence-corrected chi connectivity index (χ3v) is 5.95. The van der Waals surface area contributed by atoms with E-state index < -0.39 is 11.6 Å². The van der Waals surface area contributed by atoms with E-state index in [0.29, 0.717) is 32.5 Å². The molecule has 2 fully saturated rings. The number of piperidine rings is 1. The van der Waals surface area contributed by atoms with Crippen molar-refractivity contribution in [2.24, 2.45) is 0 Å². The number of amides is 1. The van der Waals surface area contributed by atoms with Crippen molar-refractivity contribution in [2.45, 2.75) is 19.3 Å². The molecule has 0 unspecified atom stereocenters. The van der Waals surface area contributed by atoms with Crippen LogP contribution in [-0.4, -0.2) is 61.5 Å². The van der Waals surface area contributed by atoms with Crippen LogP contribution in [0.2, 0.25) is 0 Å². The van der Waals surface area contributed by atoms with Crippen LogP contribution < -0.4 is 9.80 Å². The molecule has 2 heterocycles. The van der Waals surface area contributed by atoms with E-state index in [4.69, 9.17) is 0 Å². The average molecular weight is 411 g/mol. The van der Waals surface area contributed by atoms with Crippen molar-refractivity contribution >= 4 is 23.6 Å². The molecule has 0 aliphatic carbocycles. The topological polar surface area (TPSA) is 64.1 Å². The first-order valence-electron chi connectivity index (χ1n) is 10.4. The molecule has 0 spiro atoms. The summed E-state index contributed by atoms with van der Waals surface area (Å²) in [5.74, 6) is -2.02. The van der Waals surface area contributed by atoms with Crippen LogP contribution in [0.5, 0.6) is 5.75 Å². The molecule has 2 aliphatic rings. The zero-order valence-electron chi connectivity index (χ0n) is 16.9. The number of nitrogens with zero attached hydrogens (tertiary/aromatic N) is 3. The smallest absolute Gasteiger partial charge is 0.254 e. The van der Waals surface area contributed by atoms with Gasteiger partial charge in [-0.05, 0) is 49.6 Å². The molecule has 2 aromatic rings. The van der Waals surface area contributed by atoms with E-state index in [-0.39, 0.29) is 17.0 Å². The van der Waals surface area contributed by atoms with Crippen LogP contribution in [0.3, 0.4) is 0 Å². The summed E-state index contributed by atoms with van der Waals surface area (Å²) in [5, 5.41) is 9.55. The summed E-state index contributed by atoms with van der Waals surface area (Å²) in [6.45, 7) is 4.55. The average Bonchev–Trinajstić information content (AvgIpc) is 2.81. The van der Waals surface area contributed by atoms with Gasteiger partial charge in [-0.25, -0.2) is 4.39 Å². The summed E-state index contributed by atoms with van der Waals surface area (Å²) in [4.78, 5) is 30.1. The number of carbonyl (C=O) groups excluding carboxylic acids is 2. The van der Waals surface area contributed by atoms with Crippen LogP contribution >= 0.6 is 0 Å². The Morgan fingerprint density at radius 2 is 1.53 bits per heavy atom. The van der Waals surface area contributed by atoms with Crippen molar-refractivity contribution in [2.75, 3.05) is 49.1 Å². The quantitative estimate of drug-likeness (QED) is 0.783. The molecule has 0 radical (unpaired) electrons. The molecule has 7 heteroatoms. The number of carbonyl (C=O) groups is 2. The Labute approximate surface area is 175 Å². The molecule has 0 saturated carbocycles. The number of hydrogen-bond donors (Lipinski definition) is 1. The van der Waals surface area contributed by atoms with Gasteiger partial charge in [-0.2, -0.15) is 0 Å². The Morgan fingerprint density at radius 1 is 0.900 bits per heavy atom. The summed E-state index contributed by atoms with van der Waals surface area (Å²) in [7, 11) is 0. The normalized spacial score (nSPS) is 17.2. The summed E-state index contributed by atoms with van der Waals surface area (Å²) in [5.41, 5.74) is 2.25. The predicted molar refractivity (Wildman–Crippen MR) is 114 cm³/mol. The lowest BCUT2D eigenvalue weighted by atomic mass is 10.1. The maximum absolute atomic E-state index is 13.8. The van der Waals surface area contributed by atoms with Crippen molar-refractivity contribution in [1.82, 2.24) is 4.90 Å². The number of aldehydes is 1. The van der Waals surface area contributed by atoms with Gasteiger partial charge in [-0.15, -0.1) is 0 Å². The monoisotopic (exact) mass is 411 g/mol. The van der Waals surface area contributed by atoms with E-state index in [0.717, 1.165) is 24.8 Å². The van der Waals surface area contributed by atoms with Crippen molar-refractivity contribution in [3.8, 4) is 5.75 Å². The van der Waals surface area contributed by atoms with Gasteiger partial charge in [0.15, 0.2) is 17.9 Å². The Kier molecular flexibility index (Phi) is 5.88. The maximum atomic E-state index is 13.8. The molecule has 0 aromatic heterocycles. The first-order chi connectivity index (χ1) is 14.6. The van der Waals surface area contributed by atoms with E-state index >= 15 is 0 Å². The molecule has 0 atom stereocenters. The molecule has 6 nitrogen and oxygen atoms in total. The minimum Gasteiger partial charge on any atom is -0.504 e. The number of rotatable bonds is 4. The van der Waals surface area contributed by atoms with E-state index in [1.807, 2.05) is 0 Å². The van der Waals surface area contributed by atoms with Gasteiger partial charge >= 0.3 is 0 Å². The second-order valence-electron chi connectivity index (χ2n) is 7.86. The molecule has 4 rings (SSSR count). The largest absolute Gasteiger partial charge is 0.504 e. The third-order valence-electron chi connectivity index (χ3n) is 5.95. The fraction of sp³-hybridized carbons (Fsp3) is 0.391. The van der Waals surface area contributed by atoms with Gasteiger partial charge in [0.25, 0.3) is 5.91 Å². The van der Waals surface area contributed by atoms with Gasteiger partial charge in [0.1, 0.15) is 0 Å². The minimum absolute atomic E-state index is 0.0768. The first kappa shape index (κ1) is 20.2. The predicted octanol–water partition coefficient (Wildman–Crippen LogP) is 3.30. The zero-order valence-corrected chi connectivity index (χ0v) is 16.9. The van der Waals surface area contributed by atoms with Gasteiger partial charge in [0.05, 0.1) is 5.56 Å². The highest BCUT2D eigenvalue weighted by Gasteiger charge is 2.24. The second kappa shape index (κ2) is 8.73. The van der Waals surface area contributed by atoms with E-state index in [2.05, 4.69) is 34.1 Å². The minimum atomic E-state index is -0.962. The van der Waals surface area contributed by atoms with Crippen LogP contribution in [-0.2, 0) is 0 Å². The van der Waals surface area contributed by atoms with Crippen molar-refractivity contribution < 1.29 is 19.1 Å². The van der Waals surface area contributed by atoms with Crippen LogP contribution in [0.15, 0.2) is 36.4 Å². The standard InChI is InChI=1S/C23H26FN3O3/c24-21-14-17(13-18(16-28)22(21)29)23(30)27-11-9-26(10-12-27)20-6-4-5-19(15-20)25-7-2-1-3-8-25/h4-6,13-16,29H,1-3,7-12H2. The number of phenolic OH excluding ortho intramolecular Hbond substituents is 1. The highest BCUT2D eigenvalue weighted by molar-refractivity contribution is 5.96. The number of phenols is 1.